The molecule has 108 valence electrons. The fourth-order valence-electron chi connectivity index (χ4n) is 2.60. The molecule has 1 rings (SSSR count). The van der Waals surface area contributed by atoms with E-state index in [-0.39, 0.29) is 0 Å². The number of nitrogens with one attached hydrogen (secondary N) is 1. The molecule has 1 N–H and O–H groups in total. The molecule has 2 unspecified atom stereocenters. The van der Waals surface area contributed by atoms with Gasteiger partial charge in [0, 0.05) is 31.1 Å². The lowest BCUT2D eigenvalue weighted by atomic mass is 10.0. The second-order valence-electron chi connectivity index (χ2n) is 6.30. The first-order valence-corrected chi connectivity index (χ1v) is 7.59. The Kier molecular flexibility index (Phi) is 7.20. The Morgan fingerprint density at radius 1 is 1.22 bits per heavy atom. The van der Waals surface area contributed by atoms with Crippen molar-refractivity contribution in [3.63, 3.8) is 0 Å². The molecular formula is C15H32N2O. The maximum atomic E-state index is 5.66. The van der Waals surface area contributed by atoms with Crippen molar-refractivity contribution in [2.45, 2.75) is 53.1 Å². The molecule has 0 aliphatic carbocycles. The van der Waals surface area contributed by atoms with Crippen molar-refractivity contribution in [3.8, 4) is 0 Å². The first-order valence-electron chi connectivity index (χ1n) is 7.59. The van der Waals surface area contributed by atoms with Gasteiger partial charge in [-0.25, -0.2) is 0 Å². The van der Waals surface area contributed by atoms with E-state index >= 15 is 0 Å². The molecule has 2 atom stereocenters. The Hall–Kier alpha value is -0.120. The third-order valence-electron chi connectivity index (χ3n) is 3.65. The molecule has 0 saturated carbocycles. The van der Waals surface area contributed by atoms with Crippen LogP contribution < -0.4 is 5.32 Å². The van der Waals surface area contributed by atoms with Crippen molar-refractivity contribution >= 4 is 0 Å². The minimum Gasteiger partial charge on any atom is -0.379 e. The van der Waals surface area contributed by atoms with Gasteiger partial charge in [0.1, 0.15) is 0 Å². The molecule has 0 bridgehead atoms. The normalized spacial score (nSPS) is 24.7. The van der Waals surface area contributed by atoms with Gasteiger partial charge in [-0.2, -0.15) is 0 Å². The maximum Gasteiger partial charge on any atom is 0.0623 e. The lowest BCUT2D eigenvalue weighted by Gasteiger charge is -2.32. The van der Waals surface area contributed by atoms with Crippen LogP contribution in [0.15, 0.2) is 0 Å². The van der Waals surface area contributed by atoms with E-state index in [1.54, 1.807) is 0 Å². The van der Waals surface area contributed by atoms with Gasteiger partial charge < -0.3 is 15.0 Å². The van der Waals surface area contributed by atoms with Crippen LogP contribution in [0.4, 0.5) is 0 Å². The van der Waals surface area contributed by atoms with E-state index in [1.807, 2.05) is 0 Å². The highest BCUT2D eigenvalue weighted by Crippen LogP contribution is 2.17. The fraction of sp³-hybridized carbons (Fsp3) is 1.00. The zero-order valence-corrected chi connectivity index (χ0v) is 12.9. The zero-order valence-electron chi connectivity index (χ0n) is 12.9. The number of nitrogens with zero attached hydrogens (tertiary/aromatic N) is 1. The molecule has 0 aromatic rings. The zero-order chi connectivity index (χ0) is 13.5. The Bertz CT molecular complexity index is 219. The number of hydrogen-bond donors (Lipinski definition) is 1. The molecule has 3 nitrogen and oxygen atoms in total. The first-order chi connectivity index (χ1) is 8.54. The number of hydrogen-bond acceptors (Lipinski definition) is 3. The molecule has 1 aliphatic heterocycles. The molecule has 0 radical (unpaired) electrons. The standard InChI is InChI=1S/C15H32N2O/c1-6-7-16-15-11-18-10-14(15)9-17(13(4)5)8-12(2)3/h12-16H,6-11H2,1-5H3. The summed E-state index contributed by atoms with van der Waals surface area (Å²) in [6.45, 7) is 16.7. The molecule has 0 spiro atoms. The van der Waals surface area contributed by atoms with E-state index in [1.165, 1.54) is 13.0 Å². The average Bonchev–Trinajstić information content (AvgIpc) is 2.72. The Morgan fingerprint density at radius 3 is 2.50 bits per heavy atom. The van der Waals surface area contributed by atoms with Gasteiger partial charge in [-0.1, -0.05) is 20.8 Å². The summed E-state index contributed by atoms with van der Waals surface area (Å²) >= 11 is 0. The van der Waals surface area contributed by atoms with Crippen molar-refractivity contribution in [1.82, 2.24) is 10.2 Å². The number of rotatable bonds is 8. The maximum absolute atomic E-state index is 5.66. The van der Waals surface area contributed by atoms with E-state index < -0.39 is 0 Å². The quantitative estimate of drug-likeness (QED) is 0.721. The number of ether oxygens (including phenoxy) is 1. The second kappa shape index (κ2) is 8.13. The highest BCUT2D eigenvalue weighted by Gasteiger charge is 2.29. The summed E-state index contributed by atoms with van der Waals surface area (Å²) in [5.74, 6) is 1.38. The molecule has 1 fully saturated rings. The van der Waals surface area contributed by atoms with Gasteiger partial charge >= 0.3 is 0 Å². The van der Waals surface area contributed by atoms with Crippen LogP contribution in [0.2, 0.25) is 0 Å². The molecule has 0 aromatic carbocycles. The van der Waals surface area contributed by atoms with Crippen LogP contribution in [0.5, 0.6) is 0 Å². The summed E-state index contributed by atoms with van der Waals surface area (Å²) < 4.78 is 5.66. The summed E-state index contributed by atoms with van der Waals surface area (Å²) in [6.07, 6.45) is 1.20. The summed E-state index contributed by atoms with van der Waals surface area (Å²) in [4.78, 5) is 2.60. The lowest BCUT2D eigenvalue weighted by molar-refractivity contribution is 0.142. The highest BCUT2D eigenvalue weighted by molar-refractivity contribution is 4.84. The van der Waals surface area contributed by atoms with Gasteiger partial charge in [0.2, 0.25) is 0 Å². The van der Waals surface area contributed by atoms with E-state index in [4.69, 9.17) is 4.74 Å². The van der Waals surface area contributed by atoms with Crippen molar-refractivity contribution < 1.29 is 4.74 Å². The van der Waals surface area contributed by atoms with Crippen molar-refractivity contribution in [2.24, 2.45) is 11.8 Å². The first kappa shape index (κ1) is 15.9. The van der Waals surface area contributed by atoms with Gasteiger partial charge in [0.15, 0.2) is 0 Å². The lowest BCUT2D eigenvalue weighted by Crippen LogP contribution is -2.45. The summed E-state index contributed by atoms with van der Waals surface area (Å²) in [5.41, 5.74) is 0. The minimum atomic E-state index is 0.554. The molecule has 18 heavy (non-hydrogen) atoms. The SMILES string of the molecule is CCCNC1COCC1CN(CC(C)C)C(C)C. The van der Waals surface area contributed by atoms with Crippen molar-refractivity contribution in [1.29, 1.82) is 0 Å². The molecule has 3 heteroatoms. The van der Waals surface area contributed by atoms with Crippen LogP contribution in [0.1, 0.15) is 41.0 Å². The summed E-state index contributed by atoms with van der Waals surface area (Å²) in [7, 11) is 0. The van der Waals surface area contributed by atoms with Crippen LogP contribution >= 0.6 is 0 Å². The van der Waals surface area contributed by atoms with Crippen LogP contribution in [-0.4, -0.2) is 49.8 Å². The monoisotopic (exact) mass is 256 g/mol. The smallest absolute Gasteiger partial charge is 0.0623 e. The van der Waals surface area contributed by atoms with Crippen LogP contribution in [0, 0.1) is 11.8 Å². The Labute approximate surface area is 113 Å². The van der Waals surface area contributed by atoms with Gasteiger partial charge in [0.05, 0.1) is 13.2 Å². The predicted molar refractivity (Wildman–Crippen MR) is 77.9 cm³/mol. The molecule has 0 amide bonds. The fourth-order valence-corrected chi connectivity index (χ4v) is 2.60. The van der Waals surface area contributed by atoms with Crippen LogP contribution in [0.25, 0.3) is 0 Å². The van der Waals surface area contributed by atoms with Crippen molar-refractivity contribution in [3.05, 3.63) is 0 Å². The van der Waals surface area contributed by atoms with Crippen LogP contribution in [-0.2, 0) is 4.74 Å². The topological polar surface area (TPSA) is 24.5 Å². The Balaban J connectivity index is 2.45. The van der Waals surface area contributed by atoms with E-state index in [0.29, 0.717) is 18.0 Å². The van der Waals surface area contributed by atoms with E-state index in [9.17, 15) is 0 Å². The predicted octanol–water partition coefficient (Wildman–Crippen LogP) is 2.37. The second-order valence-corrected chi connectivity index (χ2v) is 6.30. The molecular weight excluding hydrogens is 224 g/mol. The highest BCUT2D eigenvalue weighted by atomic mass is 16.5. The largest absolute Gasteiger partial charge is 0.379 e. The van der Waals surface area contributed by atoms with Crippen LogP contribution in [0.3, 0.4) is 0 Å². The third kappa shape index (κ3) is 5.25. The molecule has 1 heterocycles. The molecule has 0 aromatic heterocycles. The minimum absolute atomic E-state index is 0.554. The van der Waals surface area contributed by atoms with E-state index in [0.717, 1.165) is 32.2 Å². The van der Waals surface area contributed by atoms with Gasteiger partial charge in [-0.05, 0) is 32.7 Å². The third-order valence-corrected chi connectivity index (χ3v) is 3.65. The van der Waals surface area contributed by atoms with Gasteiger partial charge in [-0.15, -0.1) is 0 Å². The van der Waals surface area contributed by atoms with Gasteiger partial charge in [0.25, 0.3) is 0 Å². The molecule has 1 saturated heterocycles. The molecule has 1 aliphatic rings. The van der Waals surface area contributed by atoms with E-state index in [2.05, 4.69) is 44.8 Å². The average molecular weight is 256 g/mol. The Morgan fingerprint density at radius 2 is 1.94 bits per heavy atom. The summed E-state index contributed by atoms with van der Waals surface area (Å²) in [5, 5.41) is 3.63. The van der Waals surface area contributed by atoms with Crippen molar-refractivity contribution in [2.75, 3.05) is 32.8 Å². The van der Waals surface area contributed by atoms with Gasteiger partial charge in [-0.3, -0.25) is 0 Å². The summed E-state index contributed by atoms with van der Waals surface area (Å²) in [6, 6.07) is 1.18.